The molecular weight excluding hydrogens is 512 g/mol. The molecule has 1 atom stereocenters. The van der Waals surface area contributed by atoms with E-state index in [4.69, 9.17) is 0 Å². The molecule has 38 heavy (non-hydrogen) atoms. The standard InChI is InChI=1S/C28H31F2N3O4S/c1-3-4-18-31-28(35)21(2)32(19-22-10-8-9-13-26(22)30)27(34)20-33(24-16-14-23(29)15-17-24)38(36,37)25-11-6-5-7-12-25/h5-17,21H,3-4,18-20H2,1-2H3,(H,31,35)/t21-/m0/s1. The van der Waals surface area contributed by atoms with Crippen molar-refractivity contribution in [2.24, 2.45) is 0 Å². The van der Waals surface area contributed by atoms with Crippen molar-refractivity contribution >= 4 is 27.5 Å². The van der Waals surface area contributed by atoms with Crippen molar-refractivity contribution < 1.29 is 26.8 Å². The molecule has 3 aromatic rings. The van der Waals surface area contributed by atoms with Gasteiger partial charge in [-0.25, -0.2) is 17.2 Å². The fourth-order valence-corrected chi connectivity index (χ4v) is 5.22. The monoisotopic (exact) mass is 543 g/mol. The van der Waals surface area contributed by atoms with Gasteiger partial charge < -0.3 is 10.2 Å². The largest absolute Gasteiger partial charge is 0.354 e. The van der Waals surface area contributed by atoms with Crippen LogP contribution in [0.4, 0.5) is 14.5 Å². The molecule has 0 spiro atoms. The zero-order chi connectivity index (χ0) is 27.7. The second kappa shape index (κ2) is 13.1. The molecule has 0 heterocycles. The molecule has 0 aromatic heterocycles. The Bertz CT molecular complexity index is 1340. The zero-order valence-electron chi connectivity index (χ0n) is 21.3. The van der Waals surface area contributed by atoms with Crippen LogP contribution in [0.5, 0.6) is 0 Å². The number of nitrogens with zero attached hydrogens (tertiary/aromatic N) is 2. The number of unbranched alkanes of at least 4 members (excludes halogenated alkanes) is 1. The third kappa shape index (κ3) is 7.16. The van der Waals surface area contributed by atoms with Gasteiger partial charge in [-0.2, -0.15) is 0 Å². The number of anilines is 1. The summed E-state index contributed by atoms with van der Waals surface area (Å²) in [6.45, 7) is 2.95. The fraction of sp³-hybridized carbons (Fsp3) is 0.286. The van der Waals surface area contributed by atoms with Crippen molar-refractivity contribution in [2.45, 2.75) is 44.2 Å². The highest BCUT2D eigenvalue weighted by atomic mass is 32.2. The summed E-state index contributed by atoms with van der Waals surface area (Å²) in [5.41, 5.74) is 0.239. The number of carbonyl (C=O) groups excluding carboxylic acids is 2. The second-order valence-electron chi connectivity index (χ2n) is 8.73. The number of hydrogen-bond acceptors (Lipinski definition) is 4. The maximum atomic E-state index is 14.5. The van der Waals surface area contributed by atoms with Gasteiger partial charge in [-0.15, -0.1) is 0 Å². The SMILES string of the molecule is CCCCNC(=O)[C@H](C)N(Cc1ccccc1F)C(=O)CN(c1ccc(F)cc1)S(=O)(=O)c1ccccc1. The van der Waals surface area contributed by atoms with E-state index in [0.717, 1.165) is 34.2 Å². The summed E-state index contributed by atoms with van der Waals surface area (Å²) in [4.78, 5) is 27.7. The van der Waals surface area contributed by atoms with Crippen LogP contribution in [0.2, 0.25) is 0 Å². The van der Waals surface area contributed by atoms with E-state index >= 15 is 0 Å². The maximum absolute atomic E-state index is 14.5. The van der Waals surface area contributed by atoms with Gasteiger partial charge in [0.05, 0.1) is 10.6 Å². The van der Waals surface area contributed by atoms with Gasteiger partial charge in [-0.1, -0.05) is 49.7 Å². The molecule has 0 saturated heterocycles. The van der Waals surface area contributed by atoms with Crippen molar-refractivity contribution in [3.63, 3.8) is 0 Å². The summed E-state index contributed by atoms with van der Waals surface area (Å²) in [6, 6.07) is 17.1. The quantitative estimate of drug-likeness (QED) is 0.341. The molecule has 0 aliphatic heterocycles. The van der Waals surface area contributed by atoms with E-state index < -0.39 is 46.1 Å². The summed E-state index contributed by atoms with van der Waals surface area (Å²) in [5, 5.41) is 2.77. The Morgan fingerprint density at radius 2 is 1.55 bits per heavy atom. The van der Waals surface area contributed by atoms with Crippen LogP contribution in [0.25, 0.3) is 0 Å². The first-order chi connectivity index (χ1) is 18.1. The Balaban J connectivity index is 1.99. The summed E-state index contributed by atoms with van der Waals surface area (Å²) in [5.74, 6) is -2.30. The Labute approximate surface area is 222 Å². The molecular formula is C28H31F2N3O4S. The molecule has 10 heteroatoms. The lowest BCUT2D eigenvalue weighted by Gasteiger charge is -2.32. The van der Waals surface area contributed by atoms with E-state index in [-0.39, 0.29) is 22.7 Å². The first-order valence-electron chi connectivity index (χ1n) is 12.3. The van der Waals surface area contributed by atoms with Crippen LogP contribution >= 0.6 is 0 Å². The highest BCUT2D eigenvalue weighted by Gasteiger charge is 2.32. The Morgan fingerprint density at radius 3 is 2.18 bits per heavy atom. The molecule has 0 bridgehead atoms. The van der Waals surface area contributed by atoms with Crippen LogP contribution in [-0.2, 0) is 26.2 Å². The lowest BCUT2D eigenvalue weighted by atomic mass is 10.1. The van der Waals surface area contributed by atoms with Gasteiger partial charge in [0, 0.05) is 18.7 Å². The first kappa shape index (κ1) is 28.8. The number of halogens is 2. The van der Waals surface area contributed by atoms with Gasteiger partial charge in [0.1, 0.15) is 24.2 Å². The number of sulfonamides is 1. The molecule has 1 N–H and O–H groups in total. The van der Waals surface area contributed by atoms with Gasteiger partial charge in [0.2, 0.25) is 11.8 Å². The van der Waals surface area contributed by atoms with Crippen molar-refractivity contribution in [3.8, 4) is 0 Å². The molecule has 0 radical (unpaired) electrons. The first-order valence-corrected chi connectivity index (χ1v) is 13.7. The molecule has 0 aliphatic rings. The van der Waals surface area contributed by atoms with E-state index in [1.165, 1.54) is 49.4 Å². The molecule has 2 amide bonds. The summed E-state index contributed by atoms with van der Waals surface area (Å²) >= 11 is 0. The summed E-state index contributed by atoms with van der Waals surface area (Å²) in [6.07, 6.45) is 1.60. The topological polar surface area (TPSA) is 86.8 Å². The van der Waals surface area contributed by atoms with Crippen molar-refractivity contribution in [1.82, 2.24) is 10.2 Å². The van der Waals surface area contributed by atoms with Gasteiger partial charge in [0.25, 0.3) is 10.0 Å². The molecule has 3 rings (SSSR count). The van der Waals surface area contributed by atoms with Crippen LogP contribution in [0, 0.1) is 11.6 Å². The lowest BCUT2D eigenvalue weighted by Crippen LogP contribution is -2.51. The van der Waals surface area contributed by atoms with E-state index in [0.29, 0.717) is 6.54 Å². The van der Waals surface area contributed by atoms with Crippen molar-refractivity contribution in [3.05, 3.63) is 96.1 Å². The van der Waals surface area contributed by atoms with Gasteiger partial charge in [-0.3, -0.25) is 13.9 Å². The molecule has 202 valence electrons. The van der Waals surface area contributed by atoms with Crippen LogP contribution in [-0.4, -0.2) is 44.3 Å². The maximum Gasteiger partial charge on any atom is 0.264 e. The van der Waals surface area contributed by atoms with E-state index in [1.807, 2.05) is 6.92 Å². The Hall–Kier alpha value is -3.79. The van der Waals surface area contributed by atoms with Gasteiger partial charge in [-0.05, 0) is 55.8 Å². The Kier molecular flexibility index (Phi) is 9.95. The smallest absolute Gasteiger partial charge is 0.264 e. The number of benzene rings is 3. The van der Waals surface area contributed by atoms with Crippen molar-refractivity contribution in [2.75, 3.05) is 17.4 Å². The average Bonchev–Trinajstić information content (AvgIpc) is 2.92. The van der Waals surface area contributed by atoms with Gasteiger partial charge in [0.15, 0.2) is 0 Å². The zero-order valence-corrected chi connectivity index (χ0v) is 22.1. The minimum atomic E-state index is -4.25. The second-order valence-corrected chi connectivity index (χ2v) is 10.6. The number of carbonyl (C=O) groups is 2. The van der Waals surface area contributed by atoms with Crippen LogP contribution in [0.1, 0.15) is 32.3 Å². The highest BCUT2D eigenvalue weighted by Crippen LogP contribution is 2.25. The summed E-state index contributed by atoms with van der Waals surface area (Å²) < 4.78 is 56.2. The van der Waals surface area contributed by atoms with E-state index in [1.54, 1.807) is 24.3 Å². The van der Waals surface area contributed by atoms with E-state index in [2.05, 4.69) is 5.32 Å². The highest BCUT2D eigenvalue weighted by molar-refractivity contribution is 7.92. The van der Waals surface area contributed by atoms with E-state index in [9.17, 15) is 26.8 Å². The van der Waals surface area contributed by atoms with Gasteiger partial charge >= 0.3 is 0 Å². The minimum absolute atomic E-state index is 0.0643. The molecule has 0 unspecified atom stereocenters. The summed E-state index contributed by atoms with van der Waals surface area (Å²) in [7, 11) is -4.25. The van der Waals surface area contributed by atoms with Crippen LogP contribution in [0.15, 0.2) is 83.8 Å². The minimum Gasteiger partial charge on any atom is -0.354 e. The molecule has 7 nitrogen and oxygen atoms in total. The van der Waals surface area contributed by atoms with Crippen molar-refractivity contribution in [1.29, 1.82) is 0 Å². The fourth-order valence-electron chi connectivity index (χ4n) is 3.78. The normalized spacial score (nSPS) is 12.0. The lowest BCUT2D eigenvalue weighted by molar-refractivity contribution is -0.139. The Morgan fingerprint density at radius 1 is 0.921 bits per heavy atom. The number of hydrogen-bond donors (Lipinski definition) is 1. The molecule has 0 aliphatic carbocycles. The molecule has 0 saturated carbocycles. The molecule has 0 fully saturated rings. The number of amides is 2. The van der Waals surface area contributed by atoms with Crippen LogP contribution < -0.4 is 9.62 Å². The third-order valence-corrected chi connectivity index (χ3v) is 7.81. The molecule has 3 aromatic carbocycles. The van der Waals surface area contributed by atoms with Crippen LogP contribution in [0.3, 0.4) is 0 Å². The number of rotatable bonds is 12. The number of nitrogens with one attached hydrogen (secondary N) is 1. The predicted octanol–water partition coefficient (Wildman–Crippen LogP) is 4.49. The third-order valence-electron chi connectivity index (χ3n) is 6.02. The predicted molar refractivity (Wildman–Crippen MR) is 142 cm³/mol. The average molecular weight is 544 g/mol.